The molecular formula is C9H6ClNOS. The van der Waals surface area contributed by atoms with Crippen LogP contribution in [0.4, 0.5) is 0 Å². The van der Waals surface area contributed by atoms with E-state index in [9.17, 15) is 0 Å². The minimum absolute atomic E-state index is 0.318. The maximum absolute atomic E-state index is 5.79. The van der Waals surface area contributed by atoms with E-state index in [1.807, 2.05) is 12.1 Å². The summed E-state index contributed by atoms with van der Waals surface area (Å²) in [5.41, 5.74) is 0.975. The van der Waals surface area contributed by atoms with Crippen molar-refractivity contribution in [2.24, 2.45) is 0 Å². The Morgan fingerprint density at radius 1 is 1.54 bits per heavy atom. The highest BCUT2D eigenvalue weighted by Gasteiger charge is 2.26. The van der Waals surface area contributed by atoms with Crippen LogP contribution in [0.5, 0.6) is 0 Å². The fraction of sp³-hybridized carbons (Fsp3) is 0.222. The summed E-state index contributed by atoms with van der Waals surface area (Å²) in [6, 6.07) is 5.88. The van der Waals surface area contributed by atoms with Crippen LogP contribution in [0.15, 0.2) is 18.2 Å². The summed E-state index contributed by atoms with van der Waals surface area (Å²) in [6.07, 6.45) is 0.318. The Balaban J connectivity index is 2.20. The van der Waals surface area contributed by atoms with E-state index in [1.165, 1.54) is 9.58 Å². The van der Waals surface area contributed by atoms with E-state index in [2.05, 4.69) is 11.1 Å². The van der Waals surface area contributed by atoms with Gasteiger partial charge in [-0.25, -0.2) is 4.98 Å². The van der Waals surface area contributed by atoms with Crippen molar-refractivity contribution in [1.82, 2.24) is 4.98 Å². The Kier molecular flexibility index (Phi) is 1.59. The van der Waals surface area contributed by atoms with E-state index < -0.39 is 0 Å². The molecule has 1 atom stereocenters. The minimum Gasteiger partial charge on any atom is -0.367 e. The van der Waals surface area contributed by atoms with Gasteiger partial charge in [0.25, 0.3) is 0 Å². The van der Waals surface area contributed by atoms with Gasteiger partial charge in [0.1, 0.15) is 11.3 Å². The molecule has 1 aliphatic rings. The molecule has 0 aromatic carbocycles. The quantitative estimate of drug-likeness (QED) is 0.535. The molecule has 13 heavy (non-hydrogen) atoms. The first-order valence-corrected chi connectivity index (χ1v) is 5.20. The van der Waals surface area contributed by atoms with Gasteiger partial charge in [-0.3, -0.25) is 0 Å². The van der Waals surface area contributed by atoms with Gasteiger partial charge in [0.2, 0.25) is 0 Å². The molecule has 0 aliphatic carbocycles. The van der Waals surface area contributed by atoms with Crippen molar-refractivity contribution in [3.8, 4) is 0 Å². The number of aromatic nitrogens is 1. The van der Waals surface area contributed by atoms with Gasteiger partial charge in [0.15, 0.2) is 0 Å². The third-order valence-electron chi connectivity index (χ3n) is 2.01. The molecule has 2 aromatic heterocycles. The normalized spacial score (nSPS) is 20.8. The Morgan fingerprint density at radius 3 is 3.15 bits per heavy atom. The van der Waals surface area contributed by atoms with E-state index in [-0.39, 0.29) is 0 Å². The summed E-state index contributed by atoms with van der Waals surface area (Å²) in [5, 5.41) is 0.550. The van der Waals surface area contributed by atoms with E-state index in [0.717, 1.165) is 12.1 Å². The topological polar surface area (TPSA) is 25.4 Å². The zero-order valence-corrected chi connectivity index (χ0v) is 8.23. The molecule has 66 valence electrons. The van der Waals surface area contributed by atoms with Crippen molar-refractivity contribution in [2.75, 3.05) is 6.61 Å². The molecule has 1 saturated heterocycles. The van der Waals surface area contributed by atoms with Crippen LogP contribution in [0.1, 0.15) is 11.0 Å². The van der Waals surface area contributed by atoms with Gasteiger partial charge in [-0.1, -0.05) is 11.6 Å². The van der Waals surface area contributed by atoms with Crippen LogP contribution in [0.25, 0.3) is 10.2 Å². The van der Waals surface area contributed by atoms with Crippen molar-refractivity contribution in [3.05, 3.63) is 28.2 Å². The molecule has 3 rings (SSSR count). The fourth-order valence-corrected chi connectivity index (χ4v) is 2.48. The molecule has 2 nitrogen and oxygen atoms in total. The molecule has 3 heterocycles. The third-order valence-corrected chi connectivity index (χ3v) is 3.40. The van der Waals surface area contributed by atoms with Crippen molar-refractivity contribution in [3.63, 3.8) is 0 Å². The van der Waals surface area contributed by atoms with Crippen LogP contribution in [-0.2, 0) is 4.74 Å². The lowest BCUT2D eigenvalue weighted by molar-refractivity contribution is 0.418. The largest absolute Gasteiger partial charge is 0.367 e. The number of thiophene rings is 1. The summed E-state index contributed by atoms with van der Waals surface area (Å²) < 4.78 is 6.38. The molecule has 0 spiro atoms. The number of nitrogens with zero attached hydrogens (tertiary/aromatic N) is 1. The first-order chi connectivity index (χ1) is 6.33. The fourth-order valence-electron chi connectivity index (χ4n) is 1.29. The van der Waals surface area contributed by atoms with Crippen LogP contribution in [0.2, 0.25) is 5.15 Å². The SMILES string of the molecule is Clc1ccc2sc([C@@H]3CO3)cc2n1. The van der Waals surface area contributed by atoms with Crippen LogP contribution in [0, 0.1) is 0 Å². The zero-order valence-electron chi connectivity index (χ0n) is 6.66. The molecule has 1 aliphatic heterocycles. The van der Waals surface area contributed by atoms with E-state index in [1.54, 1.807) is 11.3 Å². The number of fused-ring (bicyclic) bond motifs is 1. The van der Waals surface area contributed by atoms with Gasteiger partial charge < -0.3 is 4.74 Å². The van der Waals surface area contributed by atoms with E-state index >= 15 is 0 Å². The number of ether oxygens (including phenoxy) is 1. The highest BCUT2D eigenvalue weighted by molar-refractivity contribution is 7.19. The minimum atomic E-state index is 0.318. The van der Waals surface area contributed by atoms with Gasteiger partial charge in [-0.05, 0) is 18.2 Å². The average molecular weight is 212 g/mol. The maximum Gasteiger partial charge on any atom is 0.129 e. The summed E-state index contributed by atoms with van der Waals surface area (Å²) in [5.74, 6) is 0. The van der Waals surface area contributed by atoms with Gasteiger partial charge in [-0.15, -0.1) is 11.3 Å². The maximum atomic E-state index is 5.79. The molecule has 0 bridgehead atoms. The second-order valence-electron chi connectivity index (χ2n) is 2.99. The Hall–Kier alpha value is -0.640. The monoisotopic (exact) mass is 211 g/mol. The molecule has 4 heteroatoms. The highest BCUT2D eigenvalue weighted by Crippen LogP contribution is 2.37. The number of halogens is 1. The summed E-state index contributed by atoms with van der Waals surface area (Å²) >= 11 is 7.52. The first kappa shape index (κ1) is 7.74. The van der Waals surface area contributed by atoms with Crippen LogP contribution >= 0.6 is 22.9 Å². The van der Waals surface area contributed by atoms with Gasteiger partial charge in [0, 0.05) is 4.88 Å². The third kappa shape index (κ3) is 1.33. The second kappa shape index (κ2) is 2.67. The molecule has 2 aromatic rings. The van der Waals surface area contributed by atoms with Crippen molar-refractivity contribution >= 4 is 33.2 Å². The predicted molar refractivity (Wildman–Crippen MR) is 53.3 cm³/mol. The number of hydrogen-bond acceptors (Lipinski definition) is 3. The Bertz CT molecular complexity index is 464. The Morgan fingerprint density at radius 2 is 2.38 bits per heavy atom. The lowest BCUT2D eigenvalue weighted by Gasteiger charge is -1.87. The zero-order chi connectivity index (χ0) is 8.84. The molecule has 0 saturated carbocycles. The lowest BCUT2D eigenvalue weighted by Crippen LogP contribution is -1.72. The number of hydrogen-bond donors (Lipinski definition) is 0. The Labute approximate surface area is 84.1 Å². The average Bonchev–Trinajstić information content (AvgIpc) is 2.87. The van der Waals surface area contributed by atoms with Gasteiger partial charge >= 0.3 is 0 Å². The van der Waals surface area contributed by atoms with Gasteiger partial charge in [-0.2, -0.15) is 0 Å². The smallest absolute Gasteiger partial charge is 0.129 e. The molecule has 1 fully saturated rings. The number of rotatable bonds is 1. The second-order valence-corrected chi connectivity index (χ2v) is 4.49. The molecular weight excluding hydrogens is 206 g/mol. The summed E-state index contributed by atoms with van der Waals surface area (Å²) in [4.78, 5) is 5.48. The lowest BCUT2D eigenvalue weighted by atomic mass is 10.3. The molecule has 0 unspecified atom stereocenters. The highest BCUT2D eigenvalue weighted by atomic mass is 35.5. The van der Waals surface area contributed by atoms with Crippen molar-refractivity contribution < 1.29 is 4.74 Å². The summed E-state index contributed by atoms with van der Waals surface area (Å²) in [6.45, 7) is 0.848. The molecule has 0 N–H and O–H groups in total. The van der Waals surface area contributed by atoms with Crippen LogP contribution in [0.3, 0.4) is 0 Å². The predicted octanol–water partition coefficient (Wildman–Crippen LogP) is 3.02. The molecule has 0 amide bonds. The molecule has 0 radical (unpaired) electrons. The number of pyridine rings is 1. The van der Waals surface area contributed by atoms with Crippen molar-refractivity contribution in [2.45, 2.75) is 6.10 Å². The van der Waals surface area contributed by atoms with E-state index in [4.69, 9.17) is 16.3 Å². The van der Waals surface area contributed by atoms with Gasteiger partial charge in [0.05, 0.1) is 16.8 Å². The van der Waals surface area contributed by atoms with E-state index in [0.29, 0.717) is 11.3 Å². The summed E-state index contributed by atoms with van der Waals surface area (Å²) in [7, 11) is 0. The number of epoxide rings is 1. The first-order valence-electron chi connectivity index (χ1n) is 4.00. The van der Waals surface area contributed by atoms with Crippen LogP contribution < -0.4 is 0 Å². The van der Waals surface area contributed by atoms with Crippen molar-refractivity contribution in [1.29, 1.82) is 0 Å². The standard InChI is InChI=1S/C9H6ClNOS/c10-9-2-1-7-5(11-9)3-8(13-7)6-4-12-6/h1-3,6H,4H2/t6-/m0/s1. The van der Waals surface area contributed by atoms with Crippen LogP contribution in [-0.4, -0.2) is 11.6 Å².